The summed E-state index contributed by atoms with van der Waals surface area (Å²) in [6, 6.07) is -0.475. The van der Waals surface area contributed by atoms with E-state index in [9.17, 15) is 4.79 Å². The maximum Gasteiger partial charge on any atom is 0.321 e. The van der Waals surface area contributed by atoms with E-state index in [1.54, 1.807) is 0 Å². The number of carboxylic acids is 1. The summed E-state index contributed by atoms with van der Waals surface area (Å²) in [5.41, 5.74) is 2.08. The van der Waals surface area contributed by atoms with Crippen molar-refractivity contribution in [1.29, 1.82) is 0 Å². The van der Waals surface area contributed by atoms with E-state index in [1.165, 1.54) is 0 Å². The van der Waals surface area contributed by atoms with E-state index in [-0.39, 0.29) is 6.04 Å². The summed E-state index contributed by atoms with van der Waals surface area (Å²) >= 11 is 0. The van der Waals surface area contributed by atoms with Crippen LogP contribution in [-0.4, -0.2) is 26.7 Å². The van der Waals surface area contributed by atoms with Crippen LogP contribution in [0.1, 0.15) is 44.1 Å². The Balaban J connectivity index is 2.23. The van der Waals surface area contributed by atoms with Gasteiger partial charge in [-0.15, -0.1) is 0 Å². The smallest absolute Gasteiger partial charge is 0.321 e. The Kier molecular flexibility index (Phi) is 3.47. The summed E-state index contributed by atoms with van der Waals surface area (Å²) in [4.78, 5) is 15.5. The number of hydrogen-bond acceptors (Lipinski definition) is 3. The Labute approximate surface area is 101 Å². The number of carbonyl (C=O) groups is 1. The van der Waals surface area contributed by atoms with Crippen LogP contribution < -0.4 is 5.32 Å². The molecule has 1 aromatic heterocycles. The van der Waals surface area contributed by atoms with Crippen LogP contribution in [0.2, 0.25) is 0 Å². The van der Waals surface area contributed by atoms with Gasteiger partial charge in [-0.25, -0.2) is 4.98 Å². The zero-order valence-corrected chi connectivity index (χ0v) is 10.3. The van der Waals surface area contributed by atoms with E-state index in [2.05, 4.69) is 21.8 Å². The normalized spacial score (nSPS) is 23.4. The third kappa shape index (κ3) is 2.34. The minimum Gasteiger partial charge on any atom is -0.480 e. The van der Waals surface area contributed by atoms with Crippen molar-refractivity contribution < 1.29 is 9.90 Å². The molecule has 0 aromatic carbocycles. The first-order valence-electron chi connectivity index (χ1n) is 6.16. The second kappa shape index (κ2) is 4.87. The van der Waals surface area contributed by atoms with Crippen molar-refractivity contribution in [1.82, 2.24) is 14.9 Å². The predicted molar refractivity (Wildman–Crippen MR) is 63.8 cm³/mol. The Bertz CT molecular complexity index is 414. The molecule has 0 fully saturated rings. The second-order valence-electron chi connectivity index (χ2n) is 4.61. The molecule has 2 N–H and O–H groups in total. The van der Waals surface area contributed by atoms with Crippen LogP contribution in [0.3, 0.4) is 0 Å². The van der Waals surface area contributed by atoms with Gasteiger partial charge in [-0.1, -0.05) is 13.3 Å². The van der Waals surface area contributed by atoms with Gasteiger partial charge in [-0.3, -0.25) is 10.1 Å². The number of carboxylic acid groups (broad SMARTS) is 1. The average Bonchev–Trinajstić information content (AvgIpc) is 2.70. The number of rotatable bonds is 4. The average molecular weight is 237 g/mol. The molecule has 0 amide bonds. The molecule has 1 aliphatic heterocycles. The molecule has 2 unspecified atom stereocenters. The topological polar surface area (TPSA) is 67.2 Å². The van der Waals surface area contributed by atoms with Crippen molar-refractivity contribution in [3.05, 3.63) is 17.7 Å². The van der Waals surface area contributed by atoms with Crippen LogP contribution in [0.15, 0.2) is 6.33 Å². The van der Waals surface area contributed by atoms with E-state index < -0.39 is 12.0 Å². The number of fused-ring (bicyclic) bond motifs is 1. The third-order valence-corrected chi connectivity index (χ3v) is 3.29. The standard InChI is InChI=1S/C12H19N3O2/c1-3-4-5-15-7-13-11-8(2)14-9(12(16)17)6-10(11)15/h7-9,14H,3-6H2,1-2H3,(H,16,17). The minimum absolute atomic E-state index is 0.0164. The van der Waals surface area contributed by atoms with Gasteiger partial charge in [-0.05, 0) is 13.3 Å². The van der Waals surface area contributed by atoms with E-state index in [4.69, 9.17) is 5.11 Å². The molecular weight excluding hydrogens is 218 g/mol. The molecule has 1 aromatic rings. The summed E-state index contributed by atoms with van der Waals surface area (Å²) in [6.07, 6.45) is 4.59. The fourth-order valence-corrected chi connectivity index (χ4v) is 2.32. The molecular formula is C12H19N3O2. The van der Waals surface area contributed by atoms with Crippen molar-refractivity contribution in [3.63, 3.8) is 0 Å². The maximum atomic E-state index is 11.1. The fourth-order valence-electron chi connectivity index (χ4n) is 2.32. The molecule has 0 saturated heterocycles. The first kappa shape index (κ1) is 12.1. The van der Waals surface area contributed by atoms with Gasteiger partial charge >= 0.3 is 5.97 Å². The summed E-state index contributed by atoms with van der Waals surface area (Å²) in [6.45, 7) is 5.04. The Morgan fingerprint density at radius 1 is 1.71 bits per heavy atom. The van der Waals surface area contributed by atoms with Crippen LogP contribution in [0.5, 0.6) is 0 Å². The van der Waals surface area contributed by atoms with Crippen LogP contribution >= 0.6 is 0 Å². The molecule has 5 heteroatoms. The van der Waals surface area contributed by atoms with Crippen LogP contribution in [-0.2, 0) is 17.8 Å². The lowest BCUT2D eigenvalue weighted by Crippen LogP contribution is -2.44. The molecule has 2 rings (SSSR count). The van der Waals surface area contributed by atoms with Crippen LogP contribution in [0.4, 0.5) is 0 Å². The molecule has 5 nitrogen and oxygen atoms in total. The predicted octanol–water partition coefficient (Wildman–Crippen LogP) is 1.34. The zero-order valence-electron chi connectivity index (χ0n) is 10.3. The highest BCUT2D eigenvalue weighted by atomic mass is 16.4. The van der Waals surface area contributed by atoms with Crippen molar-refractivity contribution in [2.75, 3.05) is 0 Å². The lowest BCUT2D eigenvalue weighted by Gasteiger charge is -2.26. The van der Waals surface area contributed by atoms with E-state index in [0.29, 0.717) is 6.42 Å². The molecule has 94 valence electrons. The Hall–Kier alpha value is -1.36. The zero-order chi connectivity index (χ0) is 12.4. The Morgan fingerprint density at radius 2 is 2.47 bits per heavy atom. The van der Waals surface area contributed by atoms with E-state index in [0.717, 1.165) is 30.8 Å². The van der Waals surface area contributed by atoms with Gasteiger partial charge in [0.1, 0.15) is 6.04 Å². The second-order valence-corrected chi connectivity index (χ2v) is 4.61. The van der Waals surface area contributed by atoms with Gasteiger partial charge in [0, 0.05) is 24.7 Å². The number of aliphatic carboxylic acids is 1. The number of imidazole rings is 1. The van der Waals surface area contributed by atoms with Gasteiger partial charge in [-0.2, -0.15) is 0 Å². The van der Waals surface area contributed by atoms with Gasteiger partial charge in [0.25, 0.3) is 0 Å². The largest absolute Gasteiger partial charge is 0.480 e. The van der Waals surface area contributed by atoms with Gasteiger partial charge in [0.05, 0.1) is 12.0 Å². The molecule has 0 spiro atoms. The lowest BCUT2D eigenvalue weighted by molar-refractivity contribution is -0.139. The molecule has 2 atom stereocenters. The van der Waals surface area contributed by atoms with E-state index >= 15 is 0 Å². The van der Waals surface area contributed by atoms with Gasteiger partial charge in [0.15, 0.2) is 0 Å². The summed E-state index contributed by atoms with van der Waals surface area (Å²) in [5, 5.41) is 12.2. The minimum atomic E-state index is -0.786. The van der Waals surface area contributed by atoms with Crippen LogP contribution in [0, 0.1) is 0 Å². The summed E-state index contributed by atoms with van der Waals surface area (Å²) < 4.78 is 2.10. The number of aryl methyl sites for hydroxylation is 1. The summed E-state index contributed by atoms with van der Waals surface area (Å²) in [5.74, 6) is -0.786. The highest BCUT2D eigenvalue weighted by Crippen LogP contribution is 2.24. The SMILES string of the molecule is CCCCn1cnc2c1CC(C(=O)O)NC2C. The first-order valence-corrected chi connectivity index (χ1v) is 6.16. The number of nitrogens with zero attached hydrogens (tertiary/aromatic N) is 2. The molecule has 0 radical (unpaired) electrons. The van der Waals surface area contributed by atoms with Gasteiger partial charge in [0.2, 0.25) is 0 Å². The number of nitrogens with one attached hydrogen (secondary N) is 1. The fraction of sp³-hybridized carbons (Fsp3) is 0.667. The molecule has 17 heavy (non-hydrogen) atoms. The number of unbranched alkanes of at least 4 members (excludes halogenated alkanes) is 1. The van der Waals surface area contributed by atoms with Crippen LogP contribution in [0.25, 0.3) is 0 Å². The van der Waals surface area contributed by atoms with Crippen molar-refractivity contribution in [2.24, 2.45) is 0 Å². The highest BCUT2D eigenvalue weighted by Gasteiger charge is 2.31. The molecule has 1 aliphatic rings. The molecule has 2 heterocycles. The number of hydrogen-bond donors (Lipinski definition) is 2. The summed E-state index contributed by atoms with van der Waals surface area (Å²) in [7, 11) is 0. The lowest BCUT2D eigenvalue weighted by atomic mass is 10.00. The van der Waals surface area contributed by atoms with Crippen molar-refractivity contribution >= 4 is 5.97 Å². The maximum absolute atomic E-state index is 11.1. The molecule has 0 saturated carbocycles. The van der Waals surface area contributed by atoms with Gasteiger partial charge < -0.3 is 9.67 Å². The molecule has 0 aliphatic carbocycles. The third-order valence-electron chi connectivity index (χ3n) is 3.29. The number of aromatic nitrogens is 2. The first-order chi connectivity index (χ1) is 8.13. The monoisotopic (exact) mass is 237 g/mol. The highest BCUT2D eigenvalue weighted by molar-refractivity contribution is 5.74. The van der Waals surface area contributed by atoms with Crippen molar-refractivity contribution in [2.45, 2.75) is 51.7 Å². The van der Waals surface area contributed by atoms with Crippen molar-refractivity contribution in [3.8, 4) is 0 Å². The molecule has 0 bridgehead atoms. The Morgan fingerprint density at radius 3 is 3.12 bits per heavy atom. The van der Waals surface area contributed by atoms with E-state index in [1.807, 2.05) is 13.3 Å². The quantitative estimate of drug-likeness (QED) is 0.829.